The molecule has 1 N–H and O–H groups in total. The van der Waals surface area contributed by atoms with E-state index in [0.29, 0.717) is 6.54 Å². The highest BCUT2D eigenvalue weighted by Crippen LogP contribution is 2.24. The van der Waals surface area contributed by atoms with Crippen molar-refractivity contribution in [2.24, 2.45) is 0 Å². The number of piperidine rings is 1. The smallest absolute Gasteiger partial charge is 0.362 e. The molecule has 0 aromatic rings. The summed E-state index contributed by atoms with van der Waals surface area (Å²) in [5.41, 5.74) is 0. The van der Waals surface area contributed by atoms with Crippen molar-refractivity contribution in [2.75, 3.05) is 26.3 Å². The van der Waals surface area contributed by atoms with Gasteiger partial charge in [0.15, 0.2) is 0 Å². The van der Waals surface area contributed by atoms with E-state index in [2.05, 4.69) is 10.1 Å². The molecule has 1 amide bonds. The normalized spacial score (nSPS) is 27.9. The number of alkyl halides is 3. The Morgan fingerprint density at radius 1 is 1.25 bits per heavy atom. The summed E-state index contributed by atoms with van der Waals surface area (Å²) >= 11 is 0. The third-order valence-corrected chi connectivity index (χ3v) is 3.92. The summed E-state index contributed by atoms with van der Waals surface area (Å²) in [5, 5.41) is 3.38. The van der Waals surface area contributed by atoms with Gasteiger partial charge in [-0.25, -0.2) is 0 Å². The van der Waals surface area contributed by atoms with Gasteiger partial charge in [-0.3, -0.25) is 4.79 Å². The van der Waals surface area contributed by atoms with Crippen LogP contribution in [0, 0.1) is 0 Å². The van der Waals surface area contributed by atoms with E-state index in [1.807, 2.05) is 0 Å². The summed E-state index contributed by atoms with van der Waals surface area (Å²) in [6.45, 7) is -0.271. The first kappa shape index (κ1) is 15.6. The van der Waals surface area contributed by atoms with Gasteiger partial charge >= 0.3 is 6.18 Å². The highest BCUT2D eigenvalue weighted by molar-refractivity contribution is 5.78. The first-order chi connectivity index (χ1) is 9.47. The molecular weight excluding hydrogens is 273 g/mol. The van der Waals surface area contributed by atoms with Crippen LogP contribution >= 0.6 is 0 Å². The maximum absolute atomic E-state index is 12.1. The van der Waals surface area contributed by atoms with E-state index in [9.17, 15) is 18.0 Å². The lowest BCUT2D eigenvalue weighted by atomic mass is 9.94. The van der Waals surface area contributed by atoms with Crippen molar-refractivity contribution < 1.29 is 22.7 Å². The topological polar surface area (TPSA) is 41.6 Å². The molecule has 116 valence electrons. The fourth-order valence-electron chi connectivity index (χ4n) is 3.06. The molecule has 0 radical (unpaired) electrons. The van der Waals surface area contributed by atoms with Gasteiger partial charge in [0.05, 0.1) is 0 Å². The van der Waals surface area contributed by atoms with Gasteiger partial charge in [-0.15, -0.1) is 0 Å². The van der Waals surface area contributed by atoms with Gasteiger partial charge in [0.2, 0.25) is 5.91 Å². The van der Waals surface area contributed by atoms with Crippen LogP contribution in [0.1, 0.15) is 32.1 Å². The molecule has 20 heavy (non-hydrogen) atoms. The molecule has 2 heterocycles. The van der Waals surface area contributed by atoms with Crippen LogP contribution in [-0.2, 0) is 9.53 Å². The maximum atomic E-state index is 12.1. The highest BCUT2D eigenvalue weighted by Gasteiger charge is 2.34. The van der Waals surface area contributed by atoms with Crippen LogP contribution in [0.25, 0.3) is 0 Å². The van der Waals surface area contributed by atoms with Gasteiger partial charge in [0.25, 0.3) is 0 Å². The van der Waals surface area contributed by atoms with E-state index in [-0.39, 0.29) is 18.0 Å². The second-order valence-electron chi connectivity index (χ2n) is 5.46. The summed E-state index contributed by atoms with van der Waals surface area (Å²) < 4.78 is 40.5. The van der Waals surface area contributed by atoms with Crippen LogP contribution < -0.4 is 5.32 Å². The fourth-order valence-corrected chi connectivity index (χ4v) is 3.06. The van der Waals surface area contributed by atoms with E-state index in [1.165, 1.54) is 0 Å². The molecule has 2 aliphatic heterocycles. The number of halogens is 3. The van der Waals surface area contributed by atoms with Crippen LogP contribution in [0.2, 0.25) is 0 Å². The van der Waals surface area contributed by atoms with E-state index in [1.54, 1.807) is 4.90 Å². The van der Waals surface area contributed by atoms with Gasteiger partial charge in [0, 0.05) is 18.6 Å². The Morgan fingerprint density at radius 2 is 2.05 bits per heavy atom. The molecule has 7 heteroatoms. The lowest BCUT2D eigenvalue weighted by molar-refractivity contribution is -0.178. The van der Waals surface area contributed by atoms with Crippen LogP contribution in [0.15, 0.2) is 0 Å². The number of rotatable bonds is 4. The molecular formula is C13H21F3N2O2. The second-order valence-corrected chi connectivity index (χ2v) is 5.46. The average molecular weight is 294 g/mol. The number of hydrogen-bond acceptors (Lipinski definition) is 3. The second kappa shape index (κ2) is 6.76. The fraction of sp³-hybridized carbons (Fsp3) is 0.923. The molecule has 0 saturated carbocycles. The number of ether oxygens (including phenoxy) is 1. The molecule has 2 aliphatic rings. The Balaban J connectivity index is 1.85. The Labute approximate surface area is 116 Å². The van der Waals surface area contributed by atoms with Crippen molar-refractivity contribution in [2.45, 2.75) is 50.4 Å². The Kier molecular flexibility index (Phi) is 5.26. The number of carbonyl (C=O) groups is 1. The standard InChI is InChI=1S/C13H21F3N2O2/c14-13(15,16)9-20-8-12(19)18-7-2-1-5-11(18)10-4-3-6-17-10/h10-11,17H,1-9H2. The number of nitrogens with one attached hydrogen (secondary N) is 1. The minimum atomic E-state index is -4.38. The molecule has 2 fully saturated rings. The predicted octanol–water partition coefficient (Wildman–Crippen LogP) is 1.70. The molecule has 4 nitrogen and oxygen atoms in total. The zero-order chi connectivity index (χ0) is 14.6. The lowest BCUT2D eigenvalue weighted by Crippen LogP contribution is -2.53. The van der Waals surface area contributed by atoms with E-state index in [0.717, 1.165) is 38.6 Å². The first-order valence-electron chi connectivity index (χ1n) is 7.15. The summed E-state index contributed by atoms with van der Waals surface area (Å²) in [4.78, 5) is 13.8. The zero-order valence-electron chi connectivity index (χ0n) is 11.4. The molecule has 0 aromatic heterocycles. The molecule has 0 spiro atoms. The molecule has 0 bridgehead atoms. The quantitative estimate of drug-likeness (QED) is 0.858. The molecule has 2 unspecified atom stereocenters. The Bertz CT molecular complexity index is 330. The number of likely N-dealkylation sites (tertiary alicyclic amines) is 1. The average Bonchev–Trinajstić information content (AvgIpc) is 2.91. The Hall–Kier alpha value is -0.820. The number of nitrogens with zero attached hydrogens (tertiary/aromatic N) is 1. The van der Waals surface area contributed by atoms with Crippen molar-refractivity contribution in [1.82, 2.24) is 10.2 Å². The third-order valence-electron chi connectivity index (χ3n) is 3.92. The van der Waals surface area contributed by atoms with Gasteiger partial charge < -0.3 is 15.0 Å². The number of amides is 1. The highest BCUT2D eigenvalue weighted by atomic mass is 19.4. The summed E-state index contributed by atoms with van der Waals surface area (Å²) in [5.74, 6) is -0.326. The van der Waals surface area contributed by atoms with Crippen molar-refractivity contribution in [3.05, 3.63) is 0 Å². The third kappa shape index (κ3) is 4.34. The van der Waals surface area contributed by atoms with E-state index < -0.39 is 19.4 Å². The molecule has 0 aromatic carbocycles. The van der Waals surface area contributed by atoms with Crippen LogP contribution in [0.3, 0.4) is 0 Å². The predicted molar refractivity (Wildman–Crippen MR) is 67.3 cm³/mol. The lowest BCUT2D eigenvalue weighted by Gasteiger charge is -2.39. The molecule has 2 saturated heterocycles. The maximum Gasteiger partial charge on any atom is 0.411 e. The number of hydrogen-bond donors (Lipinski definition) is 1. The Morgan fingerprint density at radius 3 is 2.70 bits per heavy atom. The minimum Gasteiger partial charge on any atom is -0.362 e. The first-order valence-corrected chi connectivity index (χ1v) is 7.15. The minimum absolute atomic E-state index is 0.105. The summed E-state index contributed by atoms with van der Waals surface area (Å²) in [6.07, 6.45) is 0.632. The van der Waals surface area contributed by atoms with Gasteiger partial charge in [0.1, 0.15) is 13.2 Å². The van der Waals surface area contributed by atoms with Crippen molar-refractivity contribution in [3.8, 4) is 0 Å². The van der Waals surface area contributed by atoms with E-state index >= 15 is 0 Å². The van der Waals surface area contributed by atoms with Crippen LogP contribution in [-0.4, -0.2) is 55.4 Å². The monoisotopic (exact) mass is 294 g/mol. The molecule has 2 atom stereocenters. The summed E-state index contributed by atoms with van der Waals surface area (Å²) in [7, 11) is 0. The van der Waals surface area contributed by atoms with Crippen molar-refractivity contribution in [3.63, 3.8) is 0 Å². The molecule has 2 rings (SSSR count). The van der Waals surface area contributed by atoms with Crippen LogP contribution in [0.5, 0.6) is 0 Å². The van der Waals surface area contributed by atoms with Gasteiger partial charge in [-0.05, 0) is 38.6 Å². The van der Waals surface area contributed by atoms with Gasteiger partial charge in [-0.1, -0.05) is 0 Å². The number of carbonyl (C=O) groups excluding carboxylic acids is 1. The van der Waals surface area contributed by atoms with Gasteiger partial charge in [-0.2, -0.15) is 13.2 Å². The van der Waals surface area contributed by atoms with Crippen LogP contribution in [0.4, 0.5) is 13.2 Å². The van der Waals surface area contributed by atoms with Crippen molar-refractivity contribution in [1.29, 1.82) is 0 Å². The molecule has 0 aliphatic carbocycles. The summed E-state index contributed by atoms with van der Waals surface area (Å²) in [6, 6.07) is 0.384. The zero-order valence-corrected chi connectivity index (χ0v) is 11.4. The van der Waals surface area contributed by atoms with E-state index in [4.69, 9.17) is 0 Å². The van der Waals surface area contributed by atoms with Crippen molar-refractivity contribution >= 4 is 5.91 Å². The largest absolute Gasteiger partial charge is 0.411 e. The SMILES string of the molecule is O=C(COCC(F)(F)F)N1CCCCC1C1CCCN1.